The third kappa shape index (κ3) is 2.97. The van der Waals surface area contributed by atoms with Gasteiger partial charge in [-0.1, -0.05) is 6.07 Å². The first-order valence-electron chi connectivity index (χ1n) is 7.42. The Morgan fingerprint density at radius 3 is 2.87 bits per heavy atom. The van der Waals surface area contributed by atoms with Gasteiger partial charge in [-0.05, 0) is 37.8 Å². The summed E-state index contributed by atoms with van der Waals surface area (Å²) in [6, 6.07) is 6.78. The first-order valence-corrected chi connectivity index (χ1v) is 7.42. The molecule has 0 aromatic carbocycles. The van der Waals surface area contributed by atoms with Crippen LogP contribution in [0.15, 0.2) is 24.4 Å². The van der Waals surface area contributed by atoms with Crippen LogP contribution in [0.3, 0.4) is 0 Å². The van der Waals surface area contributed by atoms with Gasteiger partial charge in [0, 0.05) is 17.5 Å². The molecule has 2 aromatic heterocycles. The zero-order valence-corrected chi connectivity index (χ0v) is 12.4. The minimum Gasteiger partial charge on any atom is -0.309 e. The Labute approximate surface area is 132 Å². The maximum Gasteiger partial charge on any atom is 0.250 e. The number of Topliss-reactive ketones (excluding diaryl/α,β-unsaturated/α-hetero) is 1. The molecule has 116 valence electrons. The lowest BCUT2D eigenvalue weighted by atomic mass is 9.91. The van der Waals surface area contributed by atoms with E-state index in [0.717, 1.165) is 36.9 Å². The molecule has 1 atom stereocenters. The van der Waals surface area contributed by atoms with Gasteiger partial charge in [-0.25, -0.2) is 4.98 Å². The number of nitrogens with one attached hydrogen (secondary N) is 2. The number of ketones is 1. The number of carbonyl (C=O) groups excluding carboxylic acids is 2. The smallest absolute Gasteiger partial charge is 0.250 e. The van der Waals surface area contributed by atoms with Crippen molar-refractivity contribution in [2.45, 2.75) is 25.7 Å². The van der Waals surface area contributed by atoms with Crippen LogP contribution >= 0.6 is 0 Å². The molecule has 3 rings (SSSR count). The number of amides is 1. The van der Waals surface area contributed by atoms with Crippen LogP contribution in [0.5, 0.6) is 0 Å². The molecule has 1 amide bonds. The zero-order chi connectivity index (χ0) is 16.2. The summed E-state index contributed by atoms with van der Waals surface area (Å²) in [6.45, 7) is 0. The van der Waals surface area contributed by atoms with Crippen LogP contribution in [-0.2, 0) is 17.6 Å². The largest absolute Gasteiger partial charge is 0.309 e. The molecule has 0 fully saturated rings. The number of rotatable bonds is 4. The number of nitrogens with zero attached hydrogens (tertiary/aromatic N) is 3. The third-order valence-electron chi connectivity index (χ3n) is 3.86. The Hall–Kier alpha value is -3.01. The van der Waals surface area contributed by atoms with Gasteiger partial charge in [0.1, 0.15) is 11.5 Å². The van der Waals surface area contributed by atoms with E-state index in [1.165, 1.54) is 6.20 Å². The van der Waals surface area contributed by atoms with E-state index in [0.29, 0.717) is 5.82 Å². The average Bonchev–Trinajstić information content (AvgIpc) is 3.00. The highest BCUT2D eigenvalue weighted by Crippen LogP contribution is 2.24. The van der Waals surface area contributed by atoms with Crippen LogP contribution < -0.4 is 5.32 Å². The molecule has 0 spiro atoms. The number of pyridine rings is 1. The van der Waals surface area contributed by atoms with Crippen molar-refractivity contribution in [3.05, 3.63) is 41.3 Å². The fourth-order valence-electron chi connectivity index (χ4n) is 2.69. The van der Waals surface area contributed by atoms with Gasteiger partial charge in [0.2, 0.25) is 5.78 Å². The fraction of sp³-hybridized carbons (Fsp3) is 0.312. The number of hydrogen-bond donors (Lipinski definition) is 2. The SMILES string of the molecule is N#C[C@H](C(=O)Nc1ccccn1)C(=O)c1n[nH]c2c1CCCC2. The van der Waals surface area contributed by atoms with Crippen LogP contribution in [-0.4, -0.2) is 26.9 Å². The second kappa shape index (κ2) is 6.40. The molecule has 0 saturated heterocycles. The summed E-state index contributed by atoms with van der Waals surface area (Å²) in [5.74, 6) is -2.40. The molecule has 7 nitrogen and oxygen atoms in total. The Balaban J connectivity index is 1.81. The maximum absolute atomic E-state index is 12.6. The van der Waals surface area contributed by atoms with Crippen LogP contribution in [0.1, 0.15) is 34.6 Å². The number of anilines is 1. The Kier molecular flexibility index (Phi) is 4.15. The van der Waals surface area contributed by atoms with Crippen molar-refractivity contribution in [3.8, 4) is 6.07 Å². The zero-order valence-electron chi connectivity index (χ0n) is 12.4. The third-order valence-corrected chi connectivity index (χ3v) is 3.86. The molecule has 23 heavy (non-hydrogen) atoms. The van der Waals surface area contributed by atoms with Gasteiger partial charge in [0.25, 0.3) is 5.91 Å². The van der Waals surface area contributed by atoms with Gasteiger partial charge in [-0.3, -0.25) is 14.7 Å². The predicted molar refractivity (Wildman–Crippen MR) is 81.5 cm³/mol. The molecule has 2 N–H and O–H groups in total. The van der Waals surface area contributed by atoms with Crippen LogP contribution in [0.2, 0.25) is 0 Å². The van der Waals surface area contributed by atoms with Crippen molar-refractivity contribution in [3.63, 3.8) is 0 Å². The summed E-state index contributed by atoms with van der Waals surface area (Å²) in [5.41, 5.74) is 1.98. The van der Waals surface area contributed by atoms with E-state index in [1.807, 2.05) is 0 Å². The predicted octanol–water partition coefficient (Wildman–Crippen LogP) is 1.64. The molecule has 2 aromatic rings. The van der Waals surface area contributed by atoms with Crippen LogP contribution in [0.4, 0.5) is 5.82 Å². The van der Waals surface area contributed by atoms with Gasteiger partial charge >= 0.3 is 0 Å². The van der Waals surface area contributed by atoms with Gasteiger partial charge in [0.15, 0.2) is 5.92 Å². The molecular weight excluding hydrogens is 294 g/mol. The number of hydrogen-bond acceptors (Lipinski definition) is 5. The topological polar surface area (TPSA) is 112 Å². The van der Waals surface area contributed by atoms with Crippen molar-refractivity contribution >= 4 is 17.5 Å². The molecule has 7 heteroatoms. The molecular formula is C16H15N5O2. The van der Waals surface area contributed by atoms with Crippen LogP contribution in [0.25, 0.3) is 0 Å². The average molecular weight is 309 g/mol. The Morgan fingerprint density at radius 2 is 2.13 bits per heavy atom. The number of carbonyl (C=O) groups is 2. The summed E-state index contributed by atoms with van der Waals surface area (Å²) >= 11 is 0. The van der Waals surface area contributed by atoms with Crippen molar-refractivity contribution in [1.82, 2.24) is 15.2 Å². The highest BCUT2D eigenvalue weighted by atomic mass is 16.2. The van der Waals surface area contributed by atoms with E-state index in [-0.39, 0.29) is 5.69 Å². The normalized spacial score (nSPS) is 14.4. The van der Waals surface area contributed by atoms with Gasteiger partial charge in [-0.2, -0.15) is 10.4 Å². The van der Waals surface area contributed by atoms with E-state index >= 15 is 0 Å². The number of H-pyrrole nitrogens is 1. The lowest BCUT2D eigenvalue weighted by molar-refractivity contribution is -0.117. The molecule has 0 saturated carbocycles. The number of aromatic amines is 1. The molecule has 1 aliphatic rings. The standard InChI is InChI=1S/C16H15N5O2/c17-9-11(16(23)19-13-7-3-4-8-18-13)15(22)14-10-5-1-2-6-12(10)20-21-14/h3-4,7-8,11H,1-2,5-6H2,(H,20,21)(H,18,19,23)/t11-/m0/s1. The van der Waals surface area contributed by atoms with Crippen molar-refractivity contribution < 1.29 is 9.59 Å². The number of fused-ring (bicyclic) bond motifs is 1. The van der Waals surface area contributed by atoms with Crippen molar-refractivity contribution in [2.75, 3.05) is 5.32 Å². The summed E-state index contributed by atoms with van der Waals surface area (Å²) in [6.07, 6.45) is 5.12. The van der Waals surface area contributed by atoms with Crippen LogP contribution in [0, 0.1) is 17.2 Å². The molecule has 0 bridgehead atoms. The summed E-state index contributed by atoms with van der Waals surface area (Å²) in [5, 5.41) is 18.6. The monoisotopic (exact) mass is 309 g/mol. The lowest BCUT2D eigenvalue weighted by Crippen LogP contribution is -2.30. The van der Waals surface area contributed by atoms with E-state index in [9.17, 15) is 14.9 Å². The molecule has 1 aliphatic carbocycles. The second-order valence-electron chi connectivity index (χ2n) is 5.37. The minimum absolute atomic E-state index is 0.211. The van der Waals surface area contributed by atoms with E-state index in [4.69, 9.17) is 0 Å². The number of aromatic nitrogens is 3. The quantitative estimate of drug-likeness (QED) is 0.658. The first-order chi connectivity index (χ1) is 11.2. The highest BCUT2D eigenvalue weighted by molar-refractivity contribution is 6.15. The summed E-state index contributed by atoms with van der Waals surface area (Å²) < 4.78 is 0. The number of nitriles is 1. The number of aryl methyl sites for hydroxylation is 1. The molecule has 2 heterocycles. The minimum atomic E-state index is -1.44. The summed E-state index contributed by atoms with van der Waals surface area (Å²) in [4.78, 5) is 28.7. The molecule has 0 unspecified atom stereocenters. The Morgan fingerprint density at radius 1 is 1.30 bits per heavy atom. The first kappa shape index (κ1) is 14.9. The fourth-order valence-corrected chi connectivity index (χ4v) is 2.69. The van der Waals surface area contributed by atoms with E-state index in [1.54, 1.807) is 24.3 Å². The lowest BCUT2D eigenvalue weighted by Gasteiger charge is -2.12. The molecule has 0 aliphatic heterocycles. The maximum atomic E-state index is 12.6. The highest BCUT2D eigenvalue weighted by Gasteiger charge is 2.32. The van der Waals surface area contributed by atoms with Crippen molar-refractivity contribution in [1.29, 1.82) is 5.26 Å². The van der Waals surface area contributed by atoms with Gasteiger partial charge in [-0.15, -0.1) is 0 Å². The molecule has 0 radical (unpaired) electrons. The second-order valence-corrected chi connectivity index (χ2v) is 5.37. The van der Waals surface area contributed by atoms with Gasteiger partial charge < -0.3 is 5.32 Å². The summed E-state index contributed by atoms with van der Waals surface area (Å²) in [7, 11) is 0. The Bertz CT molecular complexity index is 776. The van der Waals surface area contributed by atoms with E-state index in [2.05, 4.69) is 20.5 Å². The van der Waals surface area contributed by atoms with Crippen molar-refractivity contribution in [2.24, 2.45) is 5.92 Å². The van der Waals surface area contributed by atoms with Gasteiger partial charge in [0.05, 0.1) is 6.07 Å². The van der Waals surface area contributed by atoms with E-state index < -0.39 is 17.6 Å².